The van der Waals surface area contributed by atoms with Crippen molar-refractivity contribution < 1.29 is 23.4 Å². The van der Waals surface area contributed by atoms with Crippen LogP contribution in [-0.4, -0.2) is 52.0 Å². The second kappa shape index (κ2) is 7.82. The molecule has 1 saturated heterocycles. The molecule has 2 atom stereocenters. The minimum atomic E-state index is -2.98. The lowest BCUT2D eigenvalue weighted by Gasteiger charge is -2.37. The van der Waals surface area contributed by atoms with Gasteiger partial charge in [-0.15, -0.1) is 0 Å². The Labute approximate surface area is 150 Å². The quantitative estimate of drug-likeness (QED) is 0.883. The standard InChI is InChI=1S/C18H21F2N3O3/c1-22-16(26-18(19)20)9-15(21-22)17(25)23-8-7-14(13(10-23)11-24)12-5-3-2-4-6-12/h2-6,9,13-14,18,24H,7-8,10-11H2,1H3/t13-,14+/m1/s1. The number of halogens is 2. The van der Waals surface area contributed by atoms with E-state index >= 15 is 0 Å². The van der Waals surface area contributed by atoms with E-state index in [1.165, 1.54) is 13.1 Å². The monoisotopic (exact) mass is 365 g/mol. The van der Waals surface area contributed by atoms with Gasteiger partial charge in [0.2, 0.25) is 5.88 Å². The van der Waals surface area contributed by atoms with Crippen LogP contribution < -0.4 is 4.74 Å². The first kappa shape index (κ1) is 18.3. The zero-order valence-electron chi connectivity index (χ0n) is 14.4. The molecule has 140 valence electrons. The molecule has 0 unspecified atom stereocenters. The summed E-state index contributed by atoms with van der Waals surface area (Å²) in [5.41, 5.74) is 1.20. The van der Waals surface area contributed by atoms with Crippen molar-refractivity contribution in [3.05, 3.63) is 47.7 Å². The summed E-state index contributed by atoms with van der Waals surface area (Å²) in [7, 11) is 1.44. The van der Waals surface area contributed by atoms with Crippen LogP contribution in [0.1, 0.15) is 28.4 Å². The Morgan fingerprint density at radius 2 is 2.12 bits per heavy atom. The van der Waals surface area contributed by atoms with Crippen molar-refractivity contribution in [1.82, 2.24) is 14.7 Å². The van der Waals surface area contributed by atoms with E-state index in [2.05, 4.69) is 9.84 Å². The molecule has 0 radical (unpaired) electrons. The van der Waals surface area contributed by atoms with Gasteiger partial charge in [-0.3, -0.25) is 4.79 Å². The minimum absolute atomic E-state index is 0.0364. The normalized spacial score (nSPS) is 20.4. The topological polar surface area (TPSA) is 67.6 Å². The lowest BCUT2D eigenvalue weighted by Crippen LogP contribution is -2.44. The first-order chi connectivity index (χ1) is 12.5. The Kier molecular flexibility index (Phi) is 5.51. The molecule has 1 aromatic heterocycles. The Morgan fingerprint density at radius 1 is 1.38 bits per heavy atom. The summed E-state index contributed by atoms with van der Waals surface area (Å²) in [6, 6.07) is 11.1. The van der Waals surface area contributed by atoms with Gasteiger partial charge in [-0.05, 0) is 17.9 Å². The predicted molar refractivity (Wildman–Crippen MR) is 90.1 cm³/mol. The highest BCUT2D eigenvalue weighted by atomic mass is 19.3. The van der Waals surface area contributed by atoms with Crippen LogP contribution in [-0.2, 0) is 7.05 Å². The molecule has 8 heteroatoms. The van der Waals surface area contributed by atoms with E-state index in [0.29, 0.717) is 19.5 Å². The SMILES string of the molecule is Cn1nc(C(=O)N2CC[C@@H](c3ccccc3)[C@@H](CO)C2)cc1OC(F)F. The number of aliphatic hydroxyl groups is 1. The summed E-state index contributed by atoms with van der Waals surface area (Å²) in [5.74, 6) is -0.432. The van der Waals surface area contributed by atoms with E-state index in [1.807, 2.05) is 30.3 Å². The maximum atomic E-state index is 12.7. The number of amides is 1. The third-order valence-corrected chi connectivity index (χ3v) is 4.75. The summed E-state index contributed by atoms with van der Waals surface area (Å²) >= 11 is 0. The molecule has 3 rings (SSSR count). The molecule has 0 saturated carbocycles. The second-order valence-corrected chi connectivity index (χ2v) is 6.37. The van der Waals surface area contributed by atoms with Gasteiger partial charge in [0, 0.05) is 38.7 Å². The Hall–Kier alpha value is -2.48. The van der Waals surface area contributed by atoms with Crippen LogP contribution in [0.5, 0.6) is 5.88 Å². The highest BCUT2D eigenvalue weighted by Crippen LogP contribution is 2.33. The van der Waals surface area contributed by atoms with Gasteiger partial charge in [0.1, 0.15) is 0 Å². The molecule has 0 aliphatic carbocycles. The number of nitrogens with zero attached hydrogens (tertiary/aromatic N) is 3. The number of hydrogen-bond acceptors (Lipinski definition) is 4. The van der Waals surface area contributed by atoms with Crippen molar-refractivity contribution in [2.45, 2.75) is 19.0 Å². The lowest BCUT2D eigenvalue weighted by atomic mass is 9.81. The number of likely N-dealkylation sites (tertiary alicyclic amines) is 1. The molecule has 0 spiro atoms. The maximum absolute atomic E-state index is 12.7. The van der Waals surface area contributed by atoms with Crippen LogP contribution in [0.3, 0.4) is 0 Å². The summed E-state index contributed by atoms with van der Waals surface area (Å²) in [6.45, 7) is -2.12. The number of alkyl halides is 2. The third-order valence-electron chi connectivity index (χ3n) is 4.75. The fraction of sp³-hybridized carbons (Fsp3) is 0.444. The van der Waals surface area contributed by atoms with Gasteiger partial charge in [-0.2, -0.15) is 13.9 Å². The molecule has 0 bridgehead atoms. The van der Waals surface area contributed by atoms with Gasteiger partial charge in [-0.25, -0.2) is 4.68 Å². The molecular weight excluding hydrogens is 344 g/mol. The number of rotatable bonds is 5. The molecule has 1 aliphatic rings. The van der Waals surface area contributed by atoms with Crippen LogP contribution in [0.15, 0.2) is 36.4 Å². The van der Waals surface area contributed by atoms with E-state index in [0.717, 1.165) is 10.2 Å². The van der Waals surface area contributed by atoms with Gasteiger partial charge in [-0.1, -0.05) is 30.3 Å². The van der Waals surface area contributed by atoms with Crippen LogP contribution in [0, 0.1) is 5.92 Å². The van der Waals surface area contributed by atoms with Gasteiger partial charge in [0.25, 0.3) is 5.91 Å². The Balaban J connectivity index is 1.72. The van der Waals surface area contributed by atoms with Crippen LogP contribution in [0.2, 0.25) is 0 Å². The first-order valence-corrected chi connectivity index (χ1v) is 8.43. The smallest absolute Gasteiger partial charge is 0.388 e. The van der Waals surface area contributed by atoms with Gasteiger partial charge in [0.05, 0.1) is 0 Å². The van der Waals surface area contributed by atoms with Crippen molar-refractivity contribution in [2.24, 2.45) is 13.0 Å². The van der Waals surface area contributed by atoms with Crippen LogP contribution in [0.4, 0.5) is 8.78 Å². The number of benzene rings is 1. The largest absolute Gasteiger partial charge is 0.417 e. The van der Waals surface area contributed by atoms with Crippen LogP contribution >= 0.6 is 0 Å². The summed E-state index contributed by atoms with van der Waals surface area (Å²) in [5, 5.41) is 13.8. The molecular formula is C18H21F2N3O3. The fourth-order valence-corrected chi connectivity index (χ4v) is 3.46. The summed E-state index contributed by atoms with van der Waals surface area (Å²) in [4.78, 5) is 14.3. The molecule has 1 N–H and O–H groups in total. The van der Waals surface area contributed by atoms with E-state index < -0.39 is 6.61 Å². The van der Waals surface area contributed by atoms with Crippen molar-refractivity contribution in [3.8, 4) is 5.88 Å². The van der Waals surface area contributed by atoms with E-state index in [-0.39, 0.29) is 35.9 Å². The summed E-state index contributed by atoms with van der Waals surface area (Å²) < 4.78 is 30.2. The predicted octanol–water partition coefficient (Wildman–Crippen LogP) is 2.26. The number of carbonyl (C=O) groups excluding carboxylic acids is 1. The molecule has 1 aliphatic heterocycles. The number of aromatic nitrogens is 2. The van der Waals surface area contributed by atoms with E-state index in [4.69, 9.17) is 0 Å². The molecule has 6 nitrogen and oxygen atoms in total. The third kappa shape index (κ3) is 3.85. The highest BCUT2D eigenvalue weighted by Gasteiger charge is 2.33. The van der Waals surface area contributed by atoms with Crippen molar-refractivity contribution in [1.29, 1.82) is 0 Å². The second-order valence-electron chi connectivity index (χ2n) is 6.37. The number of aliphatic hydroxyl groups excluding tert-OH is 1. The Morgan fingerprint density at radius 3 is 2.77 bits per heavy atom. The molecule has 1 amide bonds. The number of carbonyl (C=O) groups is 1. The minimum Gasteiger partial charge on any atom is -0.417 e. The molecule has 26 heavy (non-hydrogen) atoms. The number of aryl methyl sites for hydroxylation is 1. The van der Waals surface area contributed by atoms with E-state index in [9.17, 15) is 18.7 Å². The molecule has 2 aromatic rings. The van der Waals surface area contributed by atoms with Gasteiger partial charge < -0.3 is 14.7 Å². The van der Waals surface area contributed by atoms with Crippen LogP contribution in [0.25, 0.3) is 0 Å². The average molecular weight is 365 g/mol. The molecule has 1 aromatic carbocycles. The Bertz CT molecular complexity index is 751. The van der Waals surface area contributed by atoms with E-state index in [1.54, 1.807) is 4.90 Å². The van der Waals surface area contributed by atoms with Gasteiger partial charge >= 0.3 is 6.61 Å². The average Bonchev–Trinajstić information content (AvgIpc) is 3.01. The van der Waals surface area contributed by atoms with Crippen molar-refractivity contribution >= 4 is 5.91 Å². The summed E-state index contributed by atoms with van der Waals surface area (Å²) in [6.07, 6.45) is 0.716. The molecule has 2 heterocycles. The van der Waals surface area contributed by atoms with Crippen molar-refractivity contribution in [2.75, 3.05) is 19.7 Å². The van der Waals surface area contributed by atoms with Crippen molar-refractivity contribution in [3.63, 3.8) is 0 Å². The highest BCUT2D eigenvalue weighted by molar-refractivity contribution is 5.92. The lowest BCUT2D eigenvalue weighted by molar-refractivity contribution is -0.0553. The first-order valence-electron chi connectivity index (χ1n) is 8.43. The number of hydrogen-bond donors (Lipinski definition) is 1. The number of piperidine rings is 1. The van der Waals surface area contributed by atoms with Gasteiger partial charge in [0.15, 0.2) is 5.69 Å². The molecule has 1 fully saturated rings. The number of ether oxygens (including phenoxy) is 1. The maximum Gasteiger partial charge on any atom is 0.388 e. The fourth-order valence-electron chi connectivity index (χ4n) is 3.46. The zero-order valence-corrected chi connectivity index (χ0v) is 14.4. The zero-order chi connectivity index (χ0) is 18.7.